The smallest absolute Gasteiger partial charge is 0.405 e. The first kappa shape index (κ1) is 44.9. The summed E-state index contributed by atoms with van der Waals surface area (Å²) in [6.07, 6.45) is 5.55. The van der Waals surface area contributed by atoms with Crippen LogP contribution in [0.3, 0.4) is 0 Å². The molecule has 0 unspecified atom stereocenters. The number of aryl methyl sites for hydroxylation is 2. The number of halogens is 3. The van der Waals surface area contributed by atoms with Gasteiger partial charge < -0.3 is 16.0 Å². The van der Waals surface area contributed by atoms with Gasteiger partial charge in [0.1, 0.15) is 0 Å². The Balaban J connectivity index is 1.00. The minimum absolute atomic E-state index is 0.193. The van der Waals surface area contributed by atoms with Gasteiger partial charge in [0.15, 0.2) is 0 Å². The Bertz CT molecular complexity index is 4020. The van der Waals surface area contributed by atoms with Crippen LogP contribution >= 0.6 is 0 Å². The molecule has 11 aromatic rings. The van der Waals surface area contributed by atoms with E-state index >= 15 is 13.2 Å². The fourth-order valence-corrected chi connectivity index (χ4v) is 10.8. The average molecular weight is 930 g/mol. The van der Waals surface area contributed by atoms with E-state index in [9.17, 15) is 0 Å². The van der Waals surface area contributed by atoms with Crippen molar-refractivity contribution in [3.05, 3.63) is 246 Å². The predicted octanol–water partition coefficient (Wildman–Crippen LogP) is 17.2. The molecule has 0 amide bonds. The number of nitrogens with two attached hydrogens (primary N) is 2. The normalized spacial score (nSPS) is 12.5. The summed E-state index contributed by atoms with van der Waals surface area (Å²) in [4.78, 5) is 0. The second kappa shape index (κ2) is 18.0. The second-order valence-electron chi connectivity index (χ2n) is 18.5. The standard InChI is InChI=1S/C65H50F3N3/c1-40-12-8-17-47(34-40)62-56-28-26-46(38-59(56)63(48-18-9-13-41(2)35-48)64-57(62)22-11-23-60(64)65(66,67)68)52-29-30-53(55-21-7-6-20-54(52)55)49(39-70)19-10-14-43-24-31-61-58(36-43)51(32-33-69)42(3)71(61)50-27-25-44-15-4-5-16-45(44)37-50/h4-13,15-39H,14,69-70H2,1-3H3/b19-10-,33-32-,49-39+. The molecule has 4 N–H and O–H groups in total. The predicted molar refractivity (Wildman–Crippen MR) is 293 cm³/mol. The Morgan fingerprint density at radius 2 is 1.25 bits per heavy atom. The highest BCUT2D eigenvalue weighted by atomic mass is 19.4. The van der Waals surface area contributed by atoms with Crippen molar-refractivity contribution < 1.29 is 13.2 Å². The average Bonchev–Trinajstić information content (AvgIpc) is 3.65. The zero-order valence-electron chi connectivity index (χ0n) is 39.7. The molecule has 0 radical (unpaired) electrons. The van der Waals surface area contributed by atoms with Crippen molar-refractivity contribution in [2.45, 2.75) is 33.4 Å². The number of hydrogen-bond acceptors (Lipinski definition) is 2. The summed E-state index contributed by atoms with van der Waals surface area (Å²) in [5, 5.41) is 7.90. The molecule has 0 bridgehead atoms. The molecule has 346 valence electrons. The first-order valence-electron chi connectivity index (χ1n) is 23.9. The molecule has 0 saturated carbocycles. The van der Waals surface area contributed by atoms with Crippen LogP contribution in [0.2, 0.25) is 0 Å². The first-order chi connectivity index (χ1) is 34.5. The van der Waals surface area contributed by atoms with Crippen LogP contribution in [0.4, 0.5) is 13.2 Å². The van der Waals surface area contributed by atoms with Crippen LogP contribution < -0.4 is 11.5 Å². The number of hydrogen-bond donors (Lipinski definition) is 2. The van der Waals surface area contributed by atoms with Crippen LogP contribution in [0.1, 0.15) is 39.1 Å². The molecule has 11 rings (SSSR count). The molecule has 0 aliphatic carbocycles. The minimum atomic E-state index is -4.59. The van der Waals surface area contributed by atoms with Gasteiger partial charge in [-0.05, 0) is 164 Å². The maximum atomic E-state index is 15.3. The number of aromatic nitrogens is 1. The van der Waals surface area contributed by atoms with Gasteiger partial charge in [-0.3, -0.25) is 0 Å². The molecular weight excluding hydrogens is 880 g/mol. The molecule has 0 aliphatic rings. The maximum absolute atomic E-state index is 15.3. The van der Waals surface area contributed by atoms with Crippen molar-refractivity contribution in [2.75, 3.05) is 0 Å². The third-order valence-corrected chi connectivity index (χ3v) is 14.0. The SMILES string of the molecule is Cc1cccc(-c2c3ccc(-c4ccc(C(/C=C\Cc5ccc6c(c5)c(/C=C\N)c(C)n6-c5ccc6ccccc6c5)=C/N)c5ccccc45)cc3c(-c3cccc(C)c3)c3c(C(F)(F)F)cccc23)c1. The minimum Gasteiger partial charge on any atom is -0.405 e. The highest BCUT2D eigenvalue weighted by Gasteiger charge is 2.35. The quantitative estimate of drug-likeness (QED) is 0.112. The summed E-state index contributed by atoms with van der Waals surface area (Å²) >= 11 is 0. The summed E-state index contributed by atoms with van der Waals surface area (Å²) in [6.45, 7) is 6.12. The molecule has 71 heavy (non-hydrogen) atoms. The molecule has 0 saturated heterocycles. The molecule has 6 heteroatoms. The molecule has 3 nitrogen and oxygen atoms in total. The van der Waals surface area contributed by atoms with Gasteiger partial charge in [0.2, 0.25) is 0 Å². The van der Waals surface area contributed by atoms with E-state index in [1.807, 2.05) is 80.6 Å². The van der Waals surface area contributed by atoms with E-state index in [4.69, 9.17) is 11.5 Å². The lowest BCUT2D eigenvalue weighted by Crippen LogP contribution is -2.07. The van der Waals surface area contributed by atoms with E-state index in [0.717, 1.165) is 105 Å². The third-order valence-electron chi connectivity index (χ3n) is 14.0. The number of benzene rings is 10. The number of fused-ring (bicyclic) bond motifs is 5. The highest BCUT2D eigenvalue weighted by molar-refractivity contribution is 6.23. The van der Waals surface area contributed by atoms with Crippen LogP contribution in [0.25, 0.3) is 105 Å². The van der Waals surface area contributed by atoms with Crippen LogP contribution in [-0.4, -0.2) is 4.57 Å². The molecule has 10 aromatic carbocycles. The molecule has 1 aromatic heterocycles. The summed E-state index contributed by atoms with van der Waals surface area (Å²) in [5.41, 5.74) is 26.0. The zero-order chi connectivity index (χ0) is 49.0. The van der Waals surface area contributed by atoms with Gasteiger partial charge in [-0.1, -0.05) is 169 Å². The van der Waals surface area contributed by atoms with Crippen LogP contribution in [0.15, 0.2) is 207 Å². The molecule has 0 fully saturated rings. The Hall–Kier alpha value is -8.61. The van der Waals surface area contributed by atoms with Crippen molar-refractivity contribution in [2.24, 2.45) is 11.5 Å². The van der Waals surface area contributed by atoms with Crippen molar-refractivity contribution in [3.8, 4) is 39.1 Å². The van der Waals surface area contributed by atoms with E-state index in [-0.39, 0.29) is 5.39 Å². The van der Waals surface area contributed by atoms with Gasteiger partial charge in [-0.25, -0.2) is 0 Å². The Morgan fingerprint density at radius 3 is 1.99 bits per heavy atom. The van der Waals surface area contributed by atoms with Gasteiger partial charge in [0.25, 0.3) is 0 Å². The lowest BCUT2D eigenvalue weighted by molar-refractivity contribution is -0.136. The molecule has 1 heterocycles. The van der Waals surface area contributed by atoms with E-state index in [2.05, 4.69) is 133 Å². The Morgan fingerprint density at radius 1 is 0.549 bits per heavy atom. The number of alkyl halides is 3. The largest absolute Gasteiger partial charge is 0.417 e. The van der Waals surface area contributed by atoms with Crippen LogP contribution in [-0.2, 0) is 12.6 Å². The lowest BCUT2D eigenvalue weighted by Gasteiger charge is -2.22. The third kappa shape index (κ3) is 8.01. The van der Waals surface area contributed by atoms with Crippen LogP contribution in [0, 0.1) is 20.8 Å². The number of nitrogens with zero attached hydrogens (tertiary/aromatic N) is 1. The van der Waals surface area contributed by atoms with E-state index < -0.39 is 11.7 Å². The van der Waals surface area contributed by atoms with Gasteiger partial charge in [-0.2, -0.15) is 13.2 Å². The van der Waals surface area contributed by atoms with Gasteiger partial charge in [0, 0.05) is 33.9 Å². The molecule has 0 atom stereocenters. The monoisotopic (exact) mass is 929 g/mol. The Kier molecular flexibility index (Phi) is 11.4. The van der Waals surface area contributed by atoms with E-state index in [1.54, 1.807) is 12.4 Å². The van der Waals surface area contributed by atoms with Gasteiger partial charge in [0.05, 0.1) is 11.1 Å². The summed E-state index contributed by atoms with van der Waals surface area (Å²) in [7, 11) is 0. The molecule has 0 spiro atoms. The van der Waals surface area contributed by atoms with Gasteiger partial charge >= 0.3 is 6.18 Å². The molecule has 0 aliphatic heterocycles. The zero-order valence-corrected chi connectivity index (χ0v) is 39.7. The van der Waals surface area contributed by atoms with Gasteiger partial charge in [-0.15, -0.1) is 0 Å². The number of allylic oxidation sites excluding steroid dienone is 3. The summed E-state index contributed by atoms with van der Waals surface area (Å²) in [6, 6.07) is 60.7. The van der Waals surface area contributed by atoms with Crippen molar-refractivity contribution in [1.82, 2.24) is 4.57 Å². The molecular formula is C65H50F3N3. The van der Waals surface area contributed by atoms with Crippen molar-refractivity contribution >= 4 is 65.6 Å². The van der Waals surface area contributed by atoms with E-state index in [1.165, 1.54) is 22.9 Å². The summed E-state index contributed by atoms with van der Waals surface area (Å²) in [5.74, 6) is 0. The first-order valence-corrected chi connectivity index (χ1v) is 23.9. The van der Waals surface area contributed by atoms with E-state index in [0.29, 0.717) is 17.4 Å². The topological polar surface area (TPSA) is 57.0 Å². The van der Waals surface area contributed by atoms with Crippen molar-refractivity contribution in [3.63, 3.8) is 0 Å². The summed E-state index contributed by atoms with van der Waals surface area (Å²) < 4.78 is 48.1. The van der Waals surface area contributed by atoms with Crippen molar-refractivity contribution in [1.29, 1.82) is 0 Å². The second-order valence-corrected chi connectivity index (χ2v) is 18.5. The number of rotatable bonds is 9. The highest BCUT2D eigenvalue weighted by Crippen LogP contribution is 2.49. The fourth-order valence-electron chi connectivity index (χ4n) is 10.8. The Labute approximate surface area is 411 Å². The maximum Gasteiger partial charge on any atom is 0.417 e. The lowest BCUT2D eigenvalue weighted by atomic mass is 9.82. The fraction of sp³-hybridized carbons (Fsp3) is 0.0769. The van der Waals surface area contributed by atoms with Crippen LogP contribution in [0.5, 0.6) is 0 Å².